The SMILES string of the molecule is CC(Br)C(=O)N(CCc1cc2ccccc2s1)c1ccc(-c2cnco2)c(CO)c1. The monoisotopic (exact) mass is 484 g/mol. The van der Waals surface area contributed by atoms with E-state index in [0.717, 1.165) is 17.7 Å². The Morgan fingerprint density at radius 3 is 2.80 bits per heavy atom. The van der Waals surface area contributed by atoms with E-state index in [1.54, 1.807) is 22.4 Å². The van der Waals surface area contributed by atoms with Gasteiger partial charge in [-0.3, -0.25) is 4.79 Å². The van der Waals surface area contributed by atoms with Crippen molar-refractivity contribution in [1.29, 1.82) is 0 Å². The molecule has 0 spiro atoms. The number of hydrogen-bond donors (Lipinski definition) is 1. The standard InChI is InChI=1S/C23H21BrN2O3S/c1-15(24)23(28)26(9-8-19-11-16-4-2-3-5-22(16)30-19)18-6-7-20(17(10-18)13-27)21-12-25-14-29-21/h2-7,10-12,14-15,27H,8-9,13H2,1H3. The molecule has 1 unspecified atom stereocenters. The first kappa shape index (κ1) is 20.8. The van der Waals surface area contributed by atoms with Gasteiger partial charge < -0.3 is 14.4 Å². The largest absolute Gasteiger partial charge is 0.444 e. The van der Waals surface area contributed by atoms with Crippen molar-refractivity contribution in [2.45, 2.75) is 24.8 Å². The lowest BCUT2D eigenvalue weighted by molar-refractivity contribution is -0.117. The van der Waals surface area contributed by atoms with Crippen LogP contribution in [-0.4, -0.2) is 27.4 Å². The molecule has 7 heteroatoms. The zero-order valence-corrected chi connectivity index (χ0v) is 18.8. The van der Waals surface area contributed by atoms with Crippen LogP contribution in [0, 0.1) is 0 Å². The molecule has 2 aromatic carbocycles. The molecule has 4 aromatic rings. The quantitative estimate of drug-likeness (QED) is 0.356. The van der Waals surface area contributed by atoms with Crippen LogP contribution in [-0.2, 0) is 17.8 Å². The summed E-state index contributed by atoms with van der Waals surface area (Å²) in [6.45, 7) is 2.21. The summed E-state index contributed by atoms with van der Waals surface area (Å²) in [5.74, 6) is 0.565. The first-order chi connectivity index (χ1) is 14.6. The minimum Gasteiger partial charge on any atom is -0.444 e. The Hall–Kier alpha value is -2.48. The molecule has 5 nitrogen and oxygen atoms in total. The number of anilines is 1. The molecule has 4 rings (SSSR count). The number of carbonyl (C=O) groups is 1. The number of halogens is 1. The Kier molecular flexibility index (Phi) is 6.32. The number of nitrogens with zero attached hydrogens (tertiary/aromatic N) is 2. The van der Waals surface area contributed by atoms with Crippen LogP contribution in [0.2, 0.25) is 0 Å². The third kappa shape index (κ3) is 4.33. The van der Waals surface area contributed by atoms with Crippen molar-refractivity contribution in [3.05, 3.63) is 71.6 Å². The van der Waals surface area contributed by atoms with Crippen LogP contribution >= 0.6 is 27.3 Å². The normalized spacial score (nSPS) is 12.2. The molecule has 30 heavy (non-hydrogen) atoms. The molecule has 154 valence electrons. The summed E-state index contributed by atoms with van der Waals surface area (Å²) in [4.78, 5) is 19.6. The lowest BCUT2D eigenvalue weighted by Crippen LogP contribution is -2.37. The third-order valence-electron chi connectivity index (χ3n) is 4.93. The maximum Gasteiger partial charge on any atom is 0.240 e. The molecule has 2 aromatic heterocycles. The highest BCUT2D eigenvalue weighted by molar-refractivity contribution is 9.10. The number of rotatable bonds is 7. The fourth-order valence-electron chi connectivity index (χ4n) is 3.43. The molecule has 1 amide bonds. The highest BCUT2D eigenvalue weighted by Gasteiger charge is 2.21. The van der Waals surface area contributed by atoms with Gasteiger partial charge in [0.15, 0.2) is 12.2 Å². The summed E-state index contributed by atoms with van der Waals surface area (Å²) in [6.07, 6.45) is 3.72. The minimum absolute atomic E-state index is 0.0209. The second-order valence-corrected chi connectivity index (χ2v) is 9.51. The van der Waals surface area contributed by atoms with Gasteiger partial charge in [0.1, 0.15) is 0 Å². The number of oxazole rings is 1. The first-order valence-electron chi connectivity index (χ1n) is 9.62. The number of thiophene rings is 1. The Morgan fingerprint density at radius 2 is 2.10 bits per heavy atom. The van der Waals surface area contributed by atoms with Gasteiger partial charge in [0.2, 0.25) is 5.91 Å². The van der Waals surface area contributed by atoms with Crippen LogP contribution in [0.5, 0.6) is 0 Å². The number of amides is 1. The molecule has 0 saturated carbocycles. The predicted molar refractivity (Wildman–Crippen MR) is 124 cm³/mol. The van der Waals surface area contributed by atoms with Crippen molar-refractivity contribution in [1.82, 2.24) is 4.98 Å². The third-order valence-corrected chi connectivity index (χ3v) is 6.50. The number of benzene rings is 2. The van der Waals surface area contributed by atoms with Gasteiger partial charge in [-0.2, -0.15) is 0 Å². The van der Waals surface area contributed by atoms with Crippen LogP contribution in [0.3, 0.4) is 0 Å². The van der Waals surface area contributed by atoms with Gasteiger partial charge in [-0.05, 0) is 54.6 Å². The van der Waals surface area contributed by atoms with Crippen LogP contribution in [0.25, 0.3) is 21.4 Å². The number of alkyl halides is 1. The van der Waals surface area contributed by atoms with E-state index < -0.39 is 0 Å². The number of aliphatic hydroxyl groups excluding tert-OH is 1. The molecule has 0 aliphatic carbocycles. The first-order valence-corrected chi connectivity index (χ1v) is 11.4. The smallest absolute Gasteiger partial charge is 0.240 e. The van der Waals surface area contributed by atoms with Crippen LogP contribution in [0.1, 0.15) is 17.4 Å². The van der Waals surface area contributed by atoms with E-state index in [1.165, 1.54) is 21.4 Å². The Balaban J connectivity index is 1.62. The molecule has 0 saturated heterocycles. The molecule has 0 fully saturated rings. The minimum atomic E-state index is -0.313. The number of carbonyl (C=O) groups excluding carboxylic acids is 1. The predicted octanol–water partition coefficient (Wildman–Crippen LogP) is 5.41. The van der Waals surface area contributed by atoms with Crippen molar-refractivity contribution in [3.63, 3.8) is 0 Å². The van der Waals surface area contributed by atoms with Crippen molar-refractivity contribution in [3.8, 4) is 11.3 Å². The van der Waals surface area contributed by atoms with Crippen molar-refractivity contribution in [2.24, 2.45) is 0 Å². The molecule has 1 N–H and O–H groups in total. The molecule has 0 aliphatic heterocycles. The molecule has 0 aliphatic rings. The lowest BCUT2D eigenvalue weighted by atomic mass is 10.0. The van der Waals surface area contributed by atoms with E-state index >= 15 is 0 Å². The van der Waals surface area contributed by atoms with E-state index in [-0.39, 0.29) is 17.3 Å². The van der Waals surface area contributed by atoms with Gasteiger partial charge in [-0.1, -0.05) is 34.1 Å². The van der Waals surface area contributed by atoms with E-state index in [2.05, 4.69) is 39.1 Å². The average molecular weight is 485 g/mol. The van der Waals surface area contributed by atoms with E-state index in [9.17, 15) is 9.90 Å². The van der Waals surface area contributed by atoms with Gasteiger partial charge in [0.05, 0.1) is 17.6 Å². The highest BCUT2D eigenvalue weighted by atomic mass is 79.9. The van der Waals surface area contributed by atoms with Gasteiger partial charge in [-0.15, -0.1) is 11.3 Å². The van der Waals surface area contributed by atoms with Gasteiger partial charge in [0, 0.05) is 27.4 Å². The number of aliphatic hydroxyl groups is 1. The molecule has 2 heterocycles. The molecule has 0 bridgehead atoms. The summed E-state index contributed by atoms with van der Waals surface area (Å²) >= 11 is 5.17. The van der Waals surface area contributed by atoms with Crippen LogP contribution in [0.15, 0.2) is 65.5 Å². The Morgan fingerprint density at radius 1 is 1.27 bits per heavy atom. The molecule has 0 radical (unpaired) electrons. The Bertz CT molecular complexity index is 1120. The highest BCUT2D eigenvalue weighted by Crippen LogP contribution is 2.30. The summed E-state index contributed by atoms with van der Waals surface area (Å²) < 4.78 is 6.62. The maximum atomic E-state index is 12.9. The van der Waals surface area contributed by atoms with Crippen LogP contribution in [0.4, 0.5) is 5.69 Å². The summed E-state index contributed by atoms with van der Waals surface area (Å²) in [7, 11) is 0. The van der Waals surface area contributed by atoms with Crippen molar-refractivity contribution < 1.29 is 14.3 Å². The molecular weight excluding hydrogens is 464 g/mol. The van der Waals surface area contributed by atoms with E-state index in [1.807, 2.05) is 37.3 Å². The fourth-order valence-corrected chi connectivity index (χ4v) is 4.73. The number of aromatic nitrogens is 1. The Labute approximate surface area is 187 Å². The zero-order chi connectivity index (χ0) is 21.1. The second-order valence-electron chi connectivity index (χ2n) is 6.97. The molecule has 1 atom stereocenters. The van der Waals surface area contributed by atoms with Gasteiger partial charge in [0.25, 0.3) is 0 Å². The van der Waals surface area contributed by atoms with E-state index in [4.69, 9.17) is 4.42 Å². The fraction of sp³-hybridized carbons (Fsp3) is 0.217. The molecular formula is C23H21BrN2O3S. The summed E-state index contributed by atoms with van der Waals surface area (Å²) in [5, 5.41) is 11.1. The summed E-state index contributed by atoms with van der Waals surface area (Å²) in [5.41, 5.74) is 2.20. The average Bonchev–Trinajstić information content (AvgIpc) is 3.43. The maximum absolute atomic E-state index is 12.9. The zero-order valence-electron chi connectivity index (χ0n) is 16.4. The van der Waals surface area contributed by atoms with Gasteiger partial charge >= 0.3 is 0 Å². The number of hydrogen-bond acceptors (Lipinski definition) is 5. The van der Waals surface area contributed by atoms with Gasteiger partial charge in [-0.25, -0.2) is 4.98 Å². The summed E-state index contributed by atoms with van der Waals surface area (Å²) in [6, 6.07) is 16.1. The number of fused-ring (bicyclic) bond motifs is 1. The van der Waals surface area contributed by atoms with E-state index in [0.29, 0.717) is 17.9 Å². The van der Waals surface area contributed by atoms with Crippen molar-refractivity contribution in [2.75, 3.05) is 11.4 Å². The topological polar surface area (TPSA) is 66.6 Å². The lowest BCUT2D eigenvalue weighted by Gasteiger charge is -2.25. The van der Waals surface area contributed by atoms with Crippen LogP contribution < -0.4 is 4.90 Å². The van der Waals surface area contributed by atoms with Crippen molar-refractivity contribution >= 4 is 48.9 Å². The second kappa shape index (κ2) is 9.12.